The second-order valence-corrected chi connectivity index (χ2v) is 8.34. The van der Waals surface area contributed by atoms with Crippen LogP contribution in [0.25, 0.3) is 0 Å². The van der Waals surface area contributed by atoms with Crippen LogP contribution >= 0.6 is 0 Å². The van der Waals surface area contributed by atoms with Gasteiger partial charge in [-0.1, -0.05) is 6.92 Å². The molecule has 0 unspecified atom stereocenters. The van der Waals surface area contributed by atoms with Crippen molar-refractivity contribution in [2.75, 3.05) is 19.7 Å². The minimum absolute atomic E-state index is 0.000965. The number of carbonyl (C=O) groups is 3. The monoisotopic (exact) mass is 468 g/mol. The van der Waals surface area contributed by atoms with Gasteiger partial charge in [-0.3, -0.25) is 14.4 Å². The van der Waals surface area contributed by atoms with E-state index in [0.29, 0.717) is 62.3 Å². The van der Waals surface area contributed by atoms with Crippen molar-refractivity contribution >= 4 is 17.8 Å². The Morgan fingerprint density at radius 1 is 0.824 bits per heavy atom. The van der Waals surface area contributed by atoms with Crippen molar-refractivity contribution in [3.8, 4) is 11.5 Å². The number of hydrogen-bond donors (Lipinski definition) is 3. The SMILES string of the molecule is CCCOc1ccc(C(=O)NCCNC(=O)c2ccc(OC3CCC(C(=O)O)CC3)cc2)cc1. The van der Waals surface area contributed by atoms with Crippen molar-refractivity contribution in [1.29, 1.82) is 0 Å². The Hall–Kier alpha value is -3.55. The van der Waals surface area contributed by atoms with Crippen molar-refractivity contribution in [3.63, 3.8) is 0 Å². The van der Waals surface area contributed by atoms with Crippen molar-refractivity contribution in [1.82, 2.24) is 10.6 Å². The highest BCUT2D eigenvalue weighted by Gasteiger charge is 2.26. The molecule has 1 saturated carbocycles. The number of carboxylic acid groups (broad SMARTS) is 1. The van der Waals surface area contributed by atoms with E-state index in [-0.39, 0.29) is 23.8 Å². The van der Waals surface area contributed by atoms with Gasteiger partial charge in [0.2, 0.25) is 0 Å². The van der Waals surface area contributed by atoms with Crippen LogP contribution in [0, 0.1) is 5.92 Å². The lowest BCUT2D eigenvalue weighted by Crippen LogP contribution is -2.34. The maximum absolute atomic E-state index is 12.4. The van der Waals surface area contributed by atoms with E-state index in [1.54, 1.807) is 48.5 Å². The zero-order valence-electron chi connectivity index (χ0n) is 19.4. The molecule has 1 aliphatic rings. The fraction of sp³-hybridized carbons (Fsp3) is 0.423. The minimum atomic E-state index is -0.736. The van der Waals surface area contributed by atoms with Gasteiger partial charge < -0.3 is 25.2 Å². The van der Waals surface area contributed by atoms with E-state index in [9.17, 15) is 14.4 Å². The highest BCUT2D eigenvalue weighted by Crippen LogP contribution is 2.28. The summed E-state index contributed by atoms with van der Waals surface area (Å²) in [5.74, 6) is -0.0712. The van der Waals surface area contributed by atoms with E-state index >= 15 is 0 Å². The van der Waals surface area contributed by atoms with Gasteiger partial charge in [0.05, 0.1) is 18.6 Å². The molecule has 0 atom stereocenters. The third kappa shape index (κ3) is 7.50. The normalized spacial score (nSPS) is 17.4. The molecular weight excluding hydrogens is 436 g/mol. The Kier molecular flexibility index (Phi) is 9.31. The van der Waals surface area contributed by atoms with Gasteiger partial charge in [0.25, 0.3) is 11.8 Å². The number of carbonyl (C=O) groups excluding carboxylic acids is 2. The summed E-state index contributed by atoms with van der Waals surface area (Å²) in [4.78, 5) is 35.6. The summed E-state index contributed by atoms with van der Waals surface area (Å²) in [6, 6.07) is 13.8. The molecule has 0 aliphatic heterocycles. The first-order valence-corrected chi connectivity index (χ1v) is 11.7. The number of rotatable bonds is 11. The van der Waals surface area contributed by atoms with E-state index in [2.05, 4.69) is 10.6 Å². The Balaban J connectivity index is 1.36. The van der Waals surface area contributed by atoms with Crippen LogP contribution in [0.1, 0.15) is 59.7 Å². The van der Waals surface area contributed by atoms with Crippen LogP contribution in [0.5, 0.6) is 11.5 Å². The second-order valence-electron chi connectivity index (χ2n) is 8.34. The molecule has 3 N–H and O–H groups in total. The summed E-state index contributed by atoms with van der Waals surface area (Å²) in [6.07, 6.45) is 3.58. The predicted molar refractivity (Wildman–Crippen MR) is 127 cm³/mol. The number of ether oxygens (including phenoxy) is 2. The molecule has 34 heavy (non-hydrogen) atoms. The minimum Gasteiger partial charge on any atom is -0.494 e. The highest BCUT2D eigenvalue weighted by molar-refractivity contribution is 5.95. The smallest absolute Gasteiger partial charge is 0.306 e. The number of carboxylic acids is 1. The lowest BCUT2D eigenvalue weighted by atomic mass is 9.87. The van der Waals surface area contributed by atoms with Gasteiger partial charge in [-0.05, 0) is 80.6 Å². The maximum Gasteiger partial charge on any atom is 0.306 e. The van der Waals surface area contributed by atoms with Crippen LogP contribution in [-0.4, -0.2) is 48.7 Å². The first-order valence-electron chi connectivity index (χ1n) is 11.7. The summed E-state index contributed by atoms with van der Waals surface area (Å²) >= 11 is 0. The third-order valence-corrected chi connectivity index (χ3v) is 5.73. The lowest BCUT2D eigenvalue weighted by Gasteiger charge is -2.26. The van der Waals surface area contributed by atoms with Crippen LogP contribution < -0.4 is 20.1 Å². The molecule has 1 fully saturated rings. The Morgan fingerprint density at radius 2 is 1.32 bits per heavy atom. The molecule has 8 heteroatoms. The average Bonchev–Trinajstić information content (AvgIpc) is 2.86. The molecule has 0 heterocycles. The standard InChI is InChI=1S/C26H32N2O6/c1-2-17-33-21-9-3-18(4-10-21)24(29)27-15-16-28-25(30)19-5-11-22(12-6-19)34-23-13-7-20(8-14-23)26(31)32/h3-6,9-12,20,23H,2,7-8,13-17H2,1H3,(H,27,29)(H,28,30)(H,31,32). The molecule has 0 saturated heterocycles. The second kappa shape index (κ2) is 12.6. The molecular formula is C26H32N2O6. The van der Waals surface area contributed by atoms with Gasteiger partial charge >= 0.3 is 5.97 Å². The van der Waals surface area contributed by atoms with Gasteiger partial charge in [0.15, 0.2) is 0 Å². The van der Waals surface area contributed by atoms with Gasteiger partial charge in [0.1, 0.15) is 11.5 Å². The van der Waals surface area contributed by atoms with Crippen LogP contribution in [0.4, 0.5) is 0 Å². The largest absolute Gasteiger partial charge is 0.494 e. The van der Waals surface area contributed by atoms with E-state index in [4.69, 9.17) is 14.6 Å². The van der Waals surface area contributed by atoms with E-state index in [0.717, 1.165) is 12.2 Å². The molecule has 182 valence electrons. The topological polar surface area (TPSA) is 114 Å². The van der Waals surface area contributed by atoms with E-state index in [1.165, 1.54) is 0 Å². The fourth-order valence-electron chi connectivity index (χ4n) is 3.78. The van der Waals surface area contributed by atoms with Gasteiger partial charge in [-0.2, -0.15) is 0 Å². The number of hydrogen-bond acceptors (Lipinski definition) is 5. The number of amides is 2. The zero-order valence-corrected chi connectivity index (χ0v) is 19.4. The Labute approximate surface area is 199 Å². The number of aliphatic carboxylic acids is 1. The van der Waals surface area contributed by atoms with Crippen LogP contribution in [-0.2, 0) is 4.79 Å². The first-order chi connectivity index (χ1) is 16.5. The first kappa shape index (κ1) is 25.1. The van der Waals surface area contributed by atoms with Gasteiger partial charge in [0, 0.05) is 24.2 Å². The molecule has 2 amide bonds. The van der Waals surface area contributed by atoms with E-state index in [1.807, 2.05) is 6.92 Å². The molecule has 2 aromatic rings. The highest BCUT2D eigenvalue weighted by atomic mass is 16.5. The van der Waals surface area contributed by atoms with Crippen molar-refractivity contribution < 1.29 is 29.0 Å². The molecule has 3 rings (SSSR count). The number of nitrogens with one attached hydrogen (secondary N) is 2. The van der Waals surface area contributed by atoms with Gasteiger partial charge in [-0.25, -0.2) is 0 Å². The molecule has 0 spiro atoms. The molecule has 0 bridgehead atoms. The van der Waals surface area contributed by atoms with Crippen LogP contribution in [0.15, 0.2) is 48.5 Å². The quantitative estimate of drug-likeness (QED) is 0.434. The third-order valence-electron chi connectivity index (χ3n) is 5.73. The Morgan fingerprint density at radius 3 is 1.79 bits per heavy atom. The summed E-state index contributed by atoms with van der Waals surface area (Å²) in [7, 11) is 0. The predicted octanol–water partition coefficient (Wildman–Crippen LogP) is 3.66. The van der Waals surface area contributed by atoms with E-state index < -0.39 is 5.97 Å². The number of benzene rings is 2. The van der Waals surface area contributed by atoms with Crippen molar-refractivity contribution in [2.24, 2.45) is 5.92 Å². The van der Waals surface area contributed by atoms with Crippen LogP contribution in [0.3, 0.4) is 0 Å². The summed E-state index contributed by atoms with van der Waals surface area (Å²) < 4.78 is 11.4. The summed E-state index contributed by atoms with van der Waals surface area (Å²) in [5.41, 5.74) is 1.03. The summed E-state index contributed by atoms with van der Waals surface area (Å²) in [5, 5.41) is 14.6. The maximum atomic E-state index is 12.4. The lowest BCUT2D eigenvalue weighted by molar-refractivity contribution is -0.143. The zero-order chi connectivity index (χ0) is 24.3. The average molecular weight is 469 g/mol. The van der Waals surface area contributed by atoms with Gasteiger partial charge in [-0.15, -0.1) is 0 Å². The molecule has 1 aliphatic carbocycles. The molecule has 2 aromatic carbocycles. The van der Waals surface area contributed by atoms with Crippen LogP contribution in [0.2, 0.25) is 0 Å². The van der Waals surface area contributed by atoms with Crippen molar-refractivity contribution in [2.45, 2.75) is 45.1 Å². The molecule has 0 aromatic heterocycles. The van der Waals surface area contributed by atoms with Crippen molar-refractivity contribution in [3.05, 3.63) is 59.7 Å². The Bertz CT molecular complexity index is 950. The summed E-state index contributed by atoms with van der Waals surface area (Å²) in [6.45, 7) is 3.27. The molecule has 0 radical (unpaired) electrons. The molecule has 8 nitrogen and oxygen atoms in total. The fourth-order valence-corrected chi connectivity index (χ4v) is 3.78.